The minimum Gasteiger partial charge on any atom is -0.354 e. The summed E-state index contributed by atoms with van der Waals surface area (Å²) in [6.07, 6.45) is 1.85. The highest BCUT2D eigenvalue weighted by Crippen LogP contribution is 2.37. The number of nitrogens with one attached hydrogen (secondary N) is 2. The SMILES string of the molecule is O=C(NC(c1ccccc1)c1ccccc1)C1c2ccccc2C(=O)N1[C@@H](Cc1ccccc1)C(=O)NCCCc1ccccc1. The highest BCUT2D eigenvalue weighted by molar-refractivity contribution is 6.07. The van der Waals surface area contributed by atoms with E-state index in [1.165, 1.54) is 10.5 Å². The summed E-state index contributed by atoms with van der Waals surface area (Å²) < 4.78 is 0. The van der Waals surface area contributed by atoms with Crippen LogP contribution in [0.4, 0.5) is 0 Å². The van der Waals surface area contributed by atoms with Gasteiger partial charge in [-0.05, 0) is 46.7 Å². The smallest absolute Gasteiger partial charge is 0.255 e. The van der Waals surface area contributed by atoms with Gasteiger partial charge < -0.3 is 15.5 Å². The number of carbonyl (C=O) groups excluding carboxylic acids is 3. The van der Waals surface area contributed by atoms with E-state index in [9.17, 15) is 14.4 Å². The second kappa shape index (κ2) is 14.5. The fraction of sp³-hybridized carbons (Fsp3) is 0.175. The van der Waals surface area contributed by atoms with Crippen LogP contribution in [0.5, 0.6) is 0 Å². The van der Waals surface area contributed by atoms with Crippen LogP contribution in [0.15, 0.2) is 146 Å². The Labute approximate surface area is 270 Å². The Bertz CT molecular complexity index is 1720. The predicted molar refractivity (Wildman–Crippen MR) is 180 cm³/mol. The van der Waals surface area contributed by atoms with Crippen molar-refractivity contribution in [3.63, 3.8) is 0 Å². The van der Waals surface area contributed by atoms with Crippen LogP contribution < -0.4 is 10.6 Å². The van der Waals surface area contributed by atoms with E-state index in [1.54, 1.807) is 12.1 Å². The van der Waals surface area contributed by atoms with E-state index >= 15 is 0 Å². The van der Waals surface area contributed by atoms with Crippen molar-refractivity contribution in [3.05, 3.63) is 179 Å². The molecule has 1 aliphatic rings. The predicted octanol–water partition coefficient (Wildman–Crippen LogP) is 6.45. The number of rotatable bonds is 12. The third-order valence-electron chi connectivity index (χ3n) is 8.49. The molecular formula is C40H37N3O3. The van der Waals surface area contributed by atoms with E-state index < -0.39 is 18.1 Å². The lowest BCUT2D eigenvalue weighted by Gasteiger charge is -2.33. The minimum atomic E-state index is -0.984. The van der Waals surface area contributed by atoms with Crippen LogP contribution in [0.2, 0.25) is 0 Å². The molecule has 6 heteroatoms. The minimum absolute atomic E-state index is 0.273. The first kappa shape index (κ1) is 30.5. The molecule has 5 aromatic rings. The molecule has 1 aliphatic heterocycles. The number of aryl methyl sites for hydroxylation is 1. The van der Waals surface area contributed by atoms with E-state index in [-0.39, 0.29) is 24.1 Å². The maximum absolute atomic E-state index is 14.5. The zero-order valence-corrected chi connectivity index (χ0v) is 25.6. The van der Waals surface area contributed by atoms with Gasteiger partial charge >= 0.3 is 0 Å². The largest absolute Gasteiger partial charge is 0.354 e. The van der Waals surface area contributed by atoms with Gasteiger partial charge in [-0.15, -0.1) is 0 Å². The van der Waals surface area contributed by atoms with Crippen molar-refractivity contribution in [2.24, 2.45) is 0 Å². The molecule has 230 valence electrons. The molecule has 46 heavy (non-hydrogen) atoms. The highest BCUT2D eigenvalue weighted by atomic mass is 16.2. The Morgan fingerprint density at radius 1 is 0.652 bits per heavy atom. The topological polar surface area (TPSA) is 78.5 Å². The van der Waals surface area contributed by atoms with Crippen LogP contribution in [0.1, 0.15) is 56.7 Å². The van der Waals surface area contributed by atoms with Gasteiger partial charge in [-0.3, -0.25) is 14.4 Å². The van der Waals surface area contributed by atoms with Crippen molar-refractivity contribution < 1.29 is 14.4 Å². The summed E-state index contributed by atoms with van der Waals surface area (Å²) in [6.45, 7) is 0.453. The lowest BCUT2D eigenvalue weighted by molar-refractivity contribution is -0.131. The standard InChI is InChI=1S/C40H37N3O3/c44-38(41-27-15-20-29-16-5-1-6-17-29)35(28-30-18-7-2-8-19-30)43-37(33-25-13-14-26-34(33)40(43)46)39(45)42-36(31-21-9-3-10-22-31)32-23-11-4-12-24-32/h1-14,16-19,21-26,35-37H,15,20,27-28H2,(H,41,44)(H,42,45)/t35-,37?/m0/s1. The van der Waals surface area contributed by atoms with Gasteiger partial charge in [0.15, 0.2) is 0 Å². The molecule has 0 saturated carbocycles. The number of hydrogen-bond acceptors (Lipinski definition) is 3. The van der Waals surface area contributed by atoms with Gasteiger partial charge in [-0.1, -0.05) is 140 Å². The molecule has 0 saturated heterocycles. The summed E-state index contributed by atoms with van der Waals surface area (Å²) >= 11 is 0. The van der Waals surface area contributed by atoms with Gasteiger partial charge in [0, 0.05) is 18.5 Å². The molecule has 0 aliphatic carbocycles. The zero-order valence-electron chi connectivity index (χ0n) is 25.6. The third kappa shape index (κ3) is 6.92. The van der Waals surface area contributed by atoms with Crippen molar-refractivity contribution in [1.82, 2.24) is 15.5 Å². The first-order chi connectivity index (χ1) is 22.6. The average molecular weight is 608 g/mol. The molecule has 2 N–H and O–H groups in total. The van der Waals surface area contributed by atoms with Gasteiger partial charge in [-0.2, -0.15) is 0 Å². The summed E-state index contributed by atoms with van der Waals surface area (Å²) in [5.74, 6) is -0.948. The van der Waals surface area contributed by atoms with Gasteiger partial charge in [0.2, 0.25) is 11.8 Å². The highest BCUT2D eigenvalue weighted by Gasteiger charge is 2.47. The van der Waals surface area contributed by atoms with Crippen LogP contribution >= 0.6 is 0 Å². The molecule has 0 fully saturated rings. The van der Waals surface area contributed by atoms with E-state index in [1.807, 2.05) is 121 Å². The number of amides is 3. The quantitative estimate of drug-likeness (QED) is 0.160. The first-order valence-corrected chi connectivity index (χ1v) is 15.8. The average Bonchev–Trinajstić information content (AvgIpc) is 3.41. The van der Waals surface area contributed by atoms with Gasteiger partial charge in [0.25, 0.3) is 5.91 Å². The molecule has 6 nitrogen and oxygen atoms in total. The van der Waals surface area contributed by atoms with Crippen LogP contribution in [-0.4, -0.2) is 35.2 Å². The second-order valence-electron chi connectivity index (χ2n) is 11.6. The normalized spacial score (nSPS) is 14.5. The Kier molecular flexibility index (Phi) is 9.64. The summed E-state index contributed by atoms with van der Waals surface area (Å²) in [7, 11) is 0. The van der Waals surface area contributed by atoms with Gasteiger partial charge in [-0.25, -0.2) is 0 Å². The lowest BCUT2D eigenvalue weighted by Crippen LogP contribution is -2.53. The van der Waals surface area contributed by atoms with Crippen LogP contribution in [0.25, 0.3) is 0 Å². The van der Waals surface area contributed by atoms with Gasteiger partial charge in [0.05, 0.1) is 6.04 Å². The van der Waals surface area contributed by atoms with E-state index in [0.29, 0.717) is 17.7 Å². The molecule has 0 spiro atoms. The van der Waals surface area contributed by atoms with E-state index in [2.05, 4.69) is 22.8 Å². The Hall–Kier alpha value is -5.49. The number of hydrogen-bond donors (Lipinski definition) is 2. The third-order valence-corrected chi connectivity index (χ3v) is 8.49. The second-order valence-corrected chi connectivity index (χ2v) is 11.6. The molecule has 3 amide bonds. The van der Waals surface area contributed by atoms with Crippen molar-refractivity contribution in [2.45, 2.75) is 37.4 Å². The molecule has 0 bridgehead atoms. The molecule has 1 heterocycles. The van der Waals surface area contributed by atoms with Crippen molar-refractivity contribution in [1.29, 1.82) is 0 Å². The van der Waals surface area contributed by atoms with E-state index in [0.717, 1.165) is 29.5 Å². The van der Waals surface area contributed by atoms with Gasteiger partial charge in [0.1, 0.15) is 12.1 Å². The number of nitrogens with zero attached hydrogens (tertiary/aromatic N) is 1. The zero-order chi connectivity index (χ0) is 31.7. The molecular weight excluding hydrogens is 570 g/mol. The van der Waals surface area contributed by atoms with Crippen molar-refractivity contribution in [2.75, 3.05) is 6.54 Å². The van der Waals surface area contributed by atoms with Crippen molar-refractivity contribution in [3.8, 4) is 0 Å². The van der Waals surface area contributed by atoms with E-state index in [4.69, 9.17) is 0 Å². The number of benzene rings is 5. The summed E-state index contributed by atoms with van der Waals surface area (Å²) in [5.41, 5.74) is 4.98. The first-order valence-electron chi connectivity index (χ1n) is 15.8. The summed E-state index contributed by atoms with van der Waals surface area (Å²) in [4.78, 5) is 44.2. The number of fused-ring (bicyclic) bond motifs is 1. The lowest BCUT2D eigenvalue weighted by atomic mass is 9.96. The fourth-order valence-electron chi connectivity index (χ4n) is 6.22. The van der Waals surface area contributed by atoms with Crippen molar-refractivity contribution >= 4 is 17.7 Å². The summed E-state index contributed by atoms with van der Waals surface area (Å²) in [5, 5.41) is 6.33. The Morgan fingerprint density at radius 3 is 1.78 bits per heavy atom. The maximum atomic E-state index is 14.5. The molecule has 0 radical (unpaired) electrons. The molecule has 6 rings (SSSR count). The van der Waals surface area contributed by atoms with Crippen LogP contribution in [0, 0.1) is 0 Å². The fourth-order valence-corrected chi connectivity index (χ4v) is 6.22. The summed E-state index contributed by atoms with van der Waals surface area (Å²) in [6, 6.07) is 44.2. The Morgan fingerprint density at radius 2 is 1.17 bits per heavy atom. The monoisotopic (exact) mass is 607 g/mol. The molecule has 0 aromatic heterocycles. The molecule has 2 atom stereocenters. The molecule has 1 unspecified atom stereocenters. The number of carbonyl (C=O) groups is 3. The van der Waals surface area contributed by atoms with Crippen LogP contribution in [0.3, 0.4) is 0 Å². The Balaban J connectivity index is 1.31. The van der Waals surface area contributed by atoms with Crippen LogP contribution in [-0.2, 0) is 22.4 Å². The molecule has 5 aromatic carbocycles. The maximum Gasteiger partial charge on any atom is 0.255 e.